The molecule has 14 heavy (non-hydrogen) atoms. The minimum atomic E-state index is -0.364. The van der Waals surface area contributed by atoms with Crippen molar-refractivity contribution in [3.05, 3.63) is 29.8 Å². The highest BCUT2D eigenvalue weighted by Crippen LogP contribution is 2.47. The fraction of sp³-hybridized carbons (Fsp3) is 0.300. The predicted octanol–water partition coefficient (Wildman–Crippen LogP) is 1.13. The van der Waals surface area contributed by atoms with E-state index >= 15 is 0 Å². The number of amides is 1. The molecular formula is C10H10N2OS. The quantitative estimate of drug-likeness (QED) is 0.668. The summed E-state index contributed by atoms with van der Waals surface area (Å²) in [6, 6.07) is 7.93. The van der Waals surface area contributed by atoms with Gasteiger partial charge in [-0.1, -0.05) is 18.2 Å². The topological polar surface area (TPSA) is 41.1 Å². The van der Waals surface area contributed by atoms with Gasteiger partial charge in [0.05, 0.1) is 0 Å². The van der Waals surface area contributed by atoms with Crippen molar-refractivity contribution in [1.29, 1.82) is 0 Å². The molecule has 0 aliphatic carbocycles. The number of para-hydroxylation sites is 1. The van der Waals surface area contributed by atoms with E-state index in [1.54, 1.807) is 11.8 Å². The van der Waals surface area contributed by atoms with Crippen LogP contribution in [0.25, 0.3) is 0 Å². The summed E-state index contributed by atoms with van der Waals surface area (Å²) < 4.78 is -0.364. The van der Waals surface area contributed by atoms with Crippen LogP contribution in [-0.4, -0.2) is 18.3 Å². The third-order valence-corrected chi connectivity index (χ3v) is 4.16. The van der Waals surface area contributed by atoms with Crippen LogP contribution in [0.4, 0.5) is 5.69 Å². The maximum absolute atomic E-state index is 11.9. The number of anilines is 1. The van der Waals surface area contributed by atoms with Gasteiger partial charge in [0.2, 0.25) is 5.91 Å². The molecule has 1 atom stereocenters. The van der Waals surface area contributed by atoms with Gasteiger partial charge < -0.3 is 10.6 Å². The summed E-state index contributed by atoms with van der Waals surface area (Å²) >= 11 is 1.68. The van der Waals surface area contributed by atoms with Gasteiger partial charge in [0.1, 0.15) is 4.75 Å². The van der Waals surface area contributed by atoms with Gasteiger partial charge in [-0.25, -0.2) is 0 Å². The van der Waals surface area contributed by atoms with Crippen LogP contribution >= 0.6 is 11.8 Å². The number of hydrogen-bond donors (Lipinski definition) is 2. The van der Waals surface area contributed by atoms with Crippen molar-refractivity contribution in [1.82, 2.24) is 5.32 Å². The lowest BCUT2D eigenvalue weighted by Gasteiger charge is -2.18. The van der Waals surface area contributed by atoms with Crippen molar-refractivity contribution < 1.29 is 4.79 Å². The molecule has 2 aliphatic rings. The van der Waals surface area contributed by atoms with Gasteiger partial charge in [-0.2, -0.15) is 0 Å². The summed E-state index contributed by atoms with van der Waals surface area (Å²) in [6.07, 6.45) is 0. The van der Waals surface area contributed by atoms with E-state index in [1.807, 2.05) is 24.3 Å². The summed E-state index contributed by atoms with van der Waals surface area (Å²) in [6.45, 7) is 0.737. The molecule has 0 aromatic heterocycles. The molecule has 1 amide bonds. The largest absolute Gasteiger partial charge is 0.324 e. The van der Waals surface area contributed by atoms with E-state index in [-0.39, 0.29) is 10.7 Å². The Kier molecular flexibility index (Phi) is 1.63. The molecule has 0 radical (unpaired) electrons. The second-order valence-electron chi connectivity index (χ2n) is 3.54. The van der Waals surface area contributed by atoms with E-state index in [0.29, 0.717) is 0 Å². The SMILES string of the molecule is O=C1Nc2ccccc2C12CNCS2. The molecule has 2 heterocycles. The lowest BCUT2D eigenvalue weighted by atomic mass is 10.00. The third-order valence-electron chi connectivity index (χ3n) is 2.77. The van der Waals surface area contributed by atoms with E-state index in [0.717, 1.165) is 23.7 Å². The minimum Gasteiger partial charge on any atom is -0.324 e. The Labute approximate surface area is 86.3 Å². The van der Waals surface area contributed by atoms with E-state index in [9.17, 15) is 4.79 Å². The molecule has 1 aromatic rings. The third kappa shape index (κ3) is 0.898. The lowest BCUT2D eigenvalue weighted by Crippen LogP contribution is -2.34. The highest BCUT2D eigenvalue weighted by molar-refractivity contribution is 8.01. The number of fused-ring (bicyclic) bond motifs is 2. The Morgan fingerprint density at radius 2 is 2.21 bits per heavy atom. The second kappa shape index (κ2) is 2.74. The molecule has 4 heteroatoms. The molecule has 1 aromatic carbocycles. The zero-order valence-electron chi connectivity index (χ0n) is 7.54. The zero-order chi connectivity index (χ0) is 9.60. The van der Waals surface area contributed by atoms with Crippen LogP contribution in [0.5, 0.6) is 0 Å². The van der Waals surface area contributed by atoms with Crippen LogP contribution in [0.1, 0.15) is 5.56 Å². The molecule has 3 rings (SSSR count). The van der Waals surface area contributed by atoms with Gasteiger partial charge in [-0.15, -0.1) is 11.8 Å². The van der Waals surface area contributed by atoms with Crippen molar-refractivity contribution in [2.75, 3.05) is 17.7 Å². The van der Waals surface area contributed by atoms with Gasteiger partial charge in [-0.3, -0.25) is 4.79 Å². The summed E-state index contributed by atoms with van der Waals surface area (Å²) in [5.41, 5.74) is 2.09. The molecule has 3 nitrogen and oxygen atoms in total. The molecule has 1 saturated heterocycles. The first-order valence-electron chi connectivity index (χ1n) is 4.58. The van der Waals surface area contributed by atoms with Crippen LogP contribution in [0.2, 0.25) is 0 Å². The fourth-order valence-electron chi connectivity index (χ4n) is 2.06. The predicted molar refractivity (Wildman–Crippen MR) is 57.2 cm³/mol. The van der Waals surface area contributed by atoms with Crippen molar-refractivity contribution >= 4 is 23.4 Å². The standard InChI is InChI=1S/C10H10N2OS/c13-9-10(5-11-6-14-10)7-3-1-2-4-8(7)12-9/h1-4,11H,5-6H2,(H,12,13). The van der Waals surface area contributed by atoms with Gasteiger partial charge in [0.15, 0.2) is 0 Å². The van der Waals surface area contributed by atoms with Crippen LogP contribution in [0.3, 0.4) is 0 Å². The molecule has 0 saturated carbocycles. The minimum absolute atomic E-state index is 0.119. The van der Waals surface area contributed by atoms with Crippen LogP contribution < -0.4 is 10.6 Å². The average Bonchev–Trinajstić information content (AvgIpc) is 2.77. The van der Waals surface area contributed by atoms with E-state index in [1.165, 1.54) is 0 Å². The summed E-state index contributed by atoms with van der Waals surface area (Å²) in [4.78, 5) is 11.9. The highest BCUT2D eigenvalue weighted by atomic mass is 32.2. The van der Waals surface area contributed by atoms with Crippen LogP contribution in [0, 0.1) is 0 Å². The fourth-order valence-corrected chi connectivity index (χ4v) is 3.23. The summed E-state index contributed by atoms with van der Waals surface area (Å²) in [5.74, 6) is 0.968. The molecule has 2 aliphatic heterocycles. The van der Waals surface area contributed by atoms with E-state index < -0.39 is 0 Å². The molecule has 0 bridgehead atoms. The molecular weight excluding hydrogens is 196 g/mol. The van der Waals surface area contributed by atoms with Crippen molar-refractivity contribution in [3.63, 3.8) is 0 Å². The van der Waals surface area contributed by atoms with Gasteiger partial charge in [0.25, 0.3) is 0 Å². The number of carbonyl (C=O) groups is 1. The Balaban J connectivity index is 2.18. The Bertz CT molecular complexity index is 399. The maximum Gasteiger partial charge on any atom is 0.246 e. The second-order valence-corrected chi connectivity index (χ2v) is 4.82. The van der Waals surface area contributed by atoms with Gasteiger partial charge in [-0.05, 0) is 6.07 Å². The Morgan fingerprint density at radius 1 is 1.36 bits per heavy atom. The average molecular weight is 206 g/mol. The monoisotopic (exact) mass is 206 g/mol. The first-order chi connectivity index (χ1) is 6.83. The lowest BCUT2D eigenvalue weighted by molar-refractivity contribution is -0.117. The number of hydrogen-bond acceptors (Lipinski definition) is 3. The molecule has 72 valence electrons. The first kappa shape index (κ1) is 8.32. The van der Waals surface area contributed by atoms with Crippen molar-refractivity contribution in [3.8, 4) is 0 Å². The Hall–Kier alpha value is -1.00. The van der Waals surface area contributed by atoms with Crippen molar-refractivity contribution in [2.24, 2.45) is 0 Å². The number of rotatable bonds is 0. The highest BCUT2D eigenvalue weighted by Gasteiger charge is 2.49. The number of benzene rings is 1. The zero-order valence-corrected chi connectivity index (χ0v) is 8.36. The van der Waals surface area contributed by atoms with E-state index in [4.69, 9.17) is 0 Å². The van der Waals surface area contributed by atoms with E-state index in [2.05, 4.69) is 10.6 Å². The van der Waals surface area contributed by atoms with Crippen molar-refractivity contribution in [2.45, 2.75) is 4.75 Å². The van der Waals surface area contributed by atoms with Crippen LogP contribution in [-0.2, 0) is 9.54 Å². The van der Waals surface area contributed by atoms with Crippen LogP contribution in [0.15, 0.2) is 24.3 Å². The molecule has 1 fully saturated rings. The van der Waals surface area contributed by atoms with Gasteiger partial charge in [0, 0.05) is 23.7 Å². The molecule has 2 N–H and O–H groups in total. The maximum atomic E-state index is 11.9. The summed E-state index contributed by atoms with van der Waals surface area (Å²) in [5, 5.41) is 6.16. The normalized spacial score (nSPS) is 29.3. The smallest absolute Gasteiger partial charge is 0.246 e. The first-order valence-corrected chi connectivity index (χ1v) is 5.57. The van der Waals surface area contributed by atoms with Gasteiger partial charge >= 0.3 is 0 Å². The summed E-state index contributed by atoms with van der Waals surface area (Å²) in [7, 11) is 0. The number of nitrogens with one attached hydrogen (secondary N) is 2. The molecule has 1 unspecified atom stereocenters. The molecule has 1 spiro atoms. The Morgan fingerprint density at radius 3 is 3.00 bits per heavy atom. The number of thioether (sulfide) groups is 1. The number of carbonyl (C=O) groups excluding carboxylic acids is 1.